The summed E-state index contributed by atoms with van der Waals surface area (Å²) in [5.41, 5.74) is 1.29. The van der Waals surface area contributed by atoms with Gasteiger partial charge in [0, 0.05) is 30.3 Å². The van der Waals surface area contributed by atoms with Crippen LogP contribution in [-0.2, 0) is 9.53 Å². The van der Waals surface area contributed by atoms with Crippen LogP contribution in [-0.4, -0.2) is 25.7 Å². The van der Waals surface area contributed by atoms with E-state index in [0.29, 0.717) is 18.7 Å². The van der Waals surface area contributed by atoms with E-state index in [0.717, 1.165) is 5.69 Å². The Morgan fingerprint density at radius 2 is 2.37 bits per heavy atom. The van der Waals surface area contributed by atoms with E-state index in [-0.39, 0.29) is 11.8 Å². The van der Waals surface area contributed by atoms with E-state index < -0.39 is 6.09 Å². The lowest BCUT2D eigenvalue weighted by atomic mass is 10.1. The third kappa shape index (κ3) is 2.86. The molecular formula is C14H14N2O3. The summed E-state index contributed by atoms with van der Waals surface area (Å²) in [6, 6.07) is 7.00. The van der Waals surface area contributed by atoms with Gasteiger partial charge >= 0.3 is 6.09 Å². The molecule has 2 rings (SSSR count). The largest absolute Gasteiger partial charge is 0.453 e. The van der Waals surface area contributed by atoms with Crippen molar-refractivity contribution in [3.8, 4) is 12.3 Å². The number of hydrogen-bond acceptors (Lipinski definition) is 3. The molecule has 1 fully saturated rings. The fourth-order valence-corrected chi connectivity index (χ4v) is 1.99. The third-order valence-electron chi connectivity index (χ3n) is 2.95. The van der Waals surface area contributed by atoms with Crippen LogP contribution in [0, 0.1) is 18.3 Å². The summed E-state index contributed by atoms with van der Waals surface area (Å²) in [6.45, 7) is 0.511. The van der Waals surface area contributed by atoms with Crippen molar-refractivity contribution in [3.05, 3.63) is 24.3 Å². The first-order chi connectivity index (χ1) is 9.13. The van der Waals surface area contributed by atoms with Crippen LogP contribution in [0.5, 0.6) is 0 Å². The number of nitrogens with zero attached hydrogens (tertiary/aromatic N) is 1. The van der Waals surface area contributed by atoms with Crippen molar-refractivity contribution in [3.63, 3.8) is 0 Å². The Morgan fingerprint density at radius 1 is 1.58 bits per heavy atom. The Morgan fingerprint density at radius 3 is 3.00 bits per heavy atom. The van der Waals surface area contributed by atoms with Crippen LogP contribution in [0.25, 0.3) is 0 Å². The number of benzene rings is 1. The SMILES string of the molecule is C#CC1CC(=O)N(c2cccc(NC(=O)OC)c2)C1. The number of carbonyl (C=O) groups is 2. The molecule has 1 aliphatic rings. The van der Waals surface area contributed by atoms with Crippen molar-refractivity contribution in [2.75, 3.05) is 23.9 Å². The first-order valence-corrected chi connectivity index (χ1v) is 5.85. The molecule has 1 atom stereocenters. The number of carbonyl (C=O) groups excluding carboxylic acids is 2. The molecule has 1 heterocycles. The molecule has 1 aromatic carbocycles. The summed E-state index contributed by atoms with van der Waals surface area (Å²) in [5, 5.41) is 2.56. The predicted molar refractivity (Wildman–Crippen MR) is 71.8 cm³/mol. The predicted octanol–water partition coefficient (Wildman–Crippen LogP) is 1.85. The Kier molecular flexibility index (Phi) is 3.71. The third-order valence-corrected chi connectivity index (χ3v) is 2.95. The van der Waals surface area contributed by atoms with Crippen molar-refractivity contribution in [1.29, 1.82) is 0 Å². The van der Waals surface area contributed by atoms with Crippen molar-refractivity contribution in [1.82, 2.24) is 0 Å². The molecule has 1 aromatic rings. The topological polar surface area (TPSA) is 58.6 Å². The standard InChI is InChI=1S/C14H14N2O3/c1-3-10-7-13(17)16(9-10)12-6-4-5-11(8-12)15-14(18)19-2/h1,4-6,8,10H,7,9H2,2H3,(H,15,18). The molecule has 0 bridgehead atoms. The number of hydrogen-bond donors (Lipinski definition) is 1. The van der Waals surface area contributed by atoms with Gasteiger partial charge in [-0.05, 0) is 18.2 Å². The van der Waals surface area contributed by atoms with Gasteiger partial charge in [-0.3, -0.25) is 10.1 Å². The van der Waals surface area contributed by atoms with Gasteiger partial charge < -0.3 is 9.64 Å². The highest BCUT2D eigenvalue weighted by atomic mass is 16.5. The van der Waals surface area contributed by atoms with E-state index in [1.54, 1.807) is 29.2 Å². The van der Waals surface area contributed by atoms with Crippen LogP contribution in [0.1, 0.15) is 6.42 Å². The fourth-order valence-electron chi connectivity index (χ4n) is 1.99. The number of ether oxygens (including phenoxy) is 1. The maximum absolute atomic E-state index is 11.9. The molecule has 1 unspecified atom stereocenters. The minimum Gasteiger partial charge on any atom is -0.453 e. The number of methoxy groups -OCH3 is 1. The second-order valence-electron chi connectivity index (χ2n) is 4.24. The number of amides is 2. The lowest BCUT2D eigenvalue weighted by Gasteiger charge is -2.17. The zero-order valence-corrected chi connectivity index (χ0v) is 10.6. The van der Waals surface area contributed by atoms with E-state index in [1.165, 1.54) is 7.11 Å². The monoisotopic (exact) mass is 258 g/mol. The molecular weight excluding hydrogens is 244 g/mol. The van der Waals surface area contributed by atoms with Crippen LogP contribution >= 0.6 is 0 Å². The number of terminal acetylenes is 1. The molecule has 0 saturated carbocycles. The summed E-state index contributed by atoms with van der Waals surface area (Å²) in [6.07, 6.45) is 5.16. The quantitative estimate of drug-likeness (QED) is 0.824. The lowest BCUT2D eigenvalue weighted by molar-refractivity contribution is -0.117. The first-order valence-electron chi connectivity index (χ1n) is 5.85. The number of anilines is 2. The van der Waals surface area contributed by atoms with Gasteiger partial charge in [-0.15, -0.1) is 12.3 Å². The maximum atomic E-state index is 11.9. The average molecular weight is 258 g/mol. The summed E-state index contributed by atoms with van der Waals surface area (Å²) in [7, 11) is 1.29. The molecule has 1 aliphatic heterocycles. The zero-order valence-electron chi connectivity index (χ0n) is 10.6. The number of nitrogens with one attached hydrogen (secondary N) is 1. The molecule has 2 amide bonds. The average Bonchev–Trinajstić information content (AvgIpc) is 2.80. The van der Waals surface area contributed by atoms with E-state index in [1.807, 2.05) is 0 Å². The van der Waals surface area contributed by atoms with E-state index in [2.05, 4.69) is 16.0 Å². The van der Waals surface area contributed by atoms with E-state index >= 15 is 0 Å². The molecule has 19 heavy (non-hydrogen) atoms. The van der Waals surface area contributed by atoms with Gasteiger partial charge in [0.1, 0.15) is 0 Å². The number of rotatable bonds is 2. The van der Waals surface area contributed by atoms with Crippen LogP contribution in [0.3, 0.4) is 0 Å². The summed E-state index contributed by atoms with van der Waals surface area (Å²) < 4.78 is 4.52. The van der Waals surface area contributed by atoms with Crippen molar-refractivity contribution >= 4 is 23.4 Å². The van der Waals surface area contributed by atoms with Crippen molar-refractivity contribution < 1.29 is 14.3 Å². The highest BCUT2D eigenvalue weighted by molar-refractivity contribution is 5.97. The van der Waals surface area contributed by atoms with Crippen molar-refractivity contribution in [2.45, 2.75) is 6.42 Å². The van der Waals surface area contributed by atoms with Gasteiger partial charge in [-0.25, -0.2) is 4.79 Å². The molecule has 0 spiro atoms. The van der Waals surface area contributed by atoms with Crippen LogP contribution in [0.15, 0.2) is 24.3 Å². The Labute approximate surface area is 111 Å². The maximum Gasteiger partial charge on any atom is 0.411 e. The highest BCUT2D eigenvalue weighted by Crippen LogP contribution is 2.26. The molecule has 0 aliphatic carbocycles. The zero-order chi connectivity index (χ0) is 13.8. The molecule has 1 N–H and O–H groups in total. The molecule has 1 saturated heterocycles. The Bertz CT molecular complexity index is 548. The Balaban J connectivity index is 2.17. The smallest absolute Gasteiger partial charge is 0.411 e. The normalized spacial score (nSPS) is 18.0. The molecule has 5 heteroatoms. The summed E-state index contributed by atoms with van der Waals surface area (Å²) in [5.74, 6) is 2.54. The van der Waals surface area contributed by atoms with Gasteiger partial charge in [0.15, 0.2) is 0 Å². The van der Waals surface area contributed by atoms with E-state index in [4.69, 9.17) is 6.42 Å². The molecule has 0 radical (unpaired) electrons. The fraction of sp³-hybridized carbons (Fsp3) is 0.286. The first kappa shape index (κ1) is 13.0. The summed E-state index contributed by atoms with van der Waals surface area (Å²) in [4.78, 5) is 24.6. The van der Waals surface area contributed by atoms with Crippen molar-refractivity contribution in [2.24, 2.45) is 5.92 Å². The molecule has 5 nitrogen and oxygen atoms in total. The second kappa shape index (κ2) is 5.44. The minimum absolute atomic E-state index is 0.00170. The van der Waals surface area contributed by atoms with Gasteiger partial charge in [-0.1, -0.05) is 6.07 Å². The second-order valence-corrected chi connectivity index (χ2v) is 4.24. The van der Waals surface area contributed by atoms with E-state index in [9.17, 15) is 9.59 Å². The van der Waals surface area contributed by atoms with Crippen LogP contribution in [0.2, 0.25) is 0 Å². The van der Waals surface area contributed by atoms with Gasteiger partial charge in [0.05, 0.1) is 7.11 Å². The minimum atomic E-state index is -0.550. The van der Waals surface area contributed by atoms with Gasteiger partial charge in [-0.2, -0.15) is 0 Å². The van der Waals surface area contributed by atoms with Gasteiger partial charge in [0.2, 0.25) is 5.91 Å². The van der Waals surface area contributed by atoms with Crippen LogP contribution < -0.4 is 10.2 Å². The highest BCUT2D eigenvalue weighted by Gasteiger charge is 2.29. The van der Waals surface area contributed by atoms with Gasteiger partial charge in [0.25, 0.3) is 0 Å². The van der Waals surface area contributed by atoms with Crippen LogP contribution in [0.4, 0.5) is 16.2 Å². The summed E-state index contributed by atoms with van der Waals surface area (Å²) >= 11 is 0. The molecule has 0 aromatic heterocycles. The molecule has 98 valence electrons. The Hall–Kier alpha value is -2.48. The lowest BCUT2D eigenvalue weighted by Crippen LogP contribution is -2.24.